The Kier molecular flexibility index (Phi) is 3.36. The quantitative estimate of drug-likeness (QED) is 0.504. The molecule has 0 bridgehead atoms. The van der Waals surface area contributed by atoms with Crippen molar-refractivity contribution in [3.05, 3.63) is 77.8 Å². The lowest BCUT2D eigenvalue weighted by molar-refractivity contribution is 0.631. The number of benzene rings is 2. The highest BCUT2D eigenvalue weighted by molar-refractivity contribution is 6.39. The van der Waals surface area contributed by atoms with Gasteiger partial charge in [0.1, 0.15) is 11.5 Å². The third kappa shape index (κ3) is 2.30. The Hall–Kier alpha value is -2.65. The smallest absolute Gasteiger partial charge is 0.139 e. The van der Waals surface area contributed by atoms with E-state index < -0.39 is 0 Å². The van der Waals surface area contributed by atoms with Crippen LogP contribution < -0.4 is 0 Å². The van der Waals surface area contributed by atoms with Crippen LogP contribution in [0.15, 0.2) is 67.0 Å². The van der Waals surface area contributed by atoms with Crippen LogP contribution in [0.1, 0.15) is 0 Å². The molecule has 0 saturated heterocycles. The minimum Gasteiger partial charge on any atom is -0.345 e. The van der Waals surface area contributed by atoms with Crippen molar-refractivity contribution in [2.45, 2.75) is 0 Å². The largest absolute Gasteiger partial charge is 0.345 e. The summed E-state index contributed by atoms with van der Waals surface area (Å²) < 4.78 is 14.2. The number of H-pyrrole nitrogens is 1. The average molecular weight is 323 g/mol. The number of rotatable bonds is 2. The second-order valence-corrected chi connectivity index (χ2v) is 5.64. The first-order chi connectivity index (χ1) is 11.3. The van der Waals surface area contributed by atoms with Crippen LogP contribution in [0.3, 0.4) is 0 Å². The molecular weight excluding hydrogens is 311 g/mol. The first kappa shape index (κ1) is 14.0. The van der Waals surface area contributed by atoms with Crippen molar-refractivity contribution in [1.82, 2.24) is 9.97 Å². The first-order valence-electron chi connectivity index (χ1n) is 7.21. The van der Waals surface area contributed by atoms with Gasteiger partial charge in [-0.15, -0.1) is 0 Å². The van der Waals surface area contributed by atoms with E-state index in [0.29, 0.717) is 21.8 Å². The molecule has 2 nitrogen and oxygen atoms in total. The molecule has 0 unspecified atom stereocenters. The Balaban J connectivity index is 2.00. The van der Waals surface area contributed by atoms with Crippen LogP contribution in [0, 0.1) is 5.82 Å². The lowest BCUT2D eigenvalue weighted by Crippen LogP contribution is -1.87. The lowest BCUT2D eigenvalue weighted by atomic mass is 10.0. The Labute approximate surface area is 137 Å². The molecule has 0 spiro atoms. The summed E-state index contributed by atoms with van der Waals surface area (Å²) in [5.41, 5.74) is 3.68. The Morgan fingerprint density at radius 2 is 1.61 bits per heavy atom. The Morgan fingerprint density at radius 3 is 2.39 bits per heavy atom. The number of pyridine rings is 1. The van der Waals surface area contributed by atoms with Gasteiger partial charge < -0.3 is 4.98 Å². The summed E-state index contributed by atoms with van der Waals surface area (Å²) >= 11 is 6.64. The maximum absolute atomic E-state index is 14.2. The van der Waals surface area contributed by atoms with Gasteiger partial charge in [0, 0.05) is 34.5 Å². The summed E-state index contributed by atoms with van der Waals surface area (Å²) in [7, 11) is 0. The molecule has 0 fully saturated rings. The molecule has 0 saturated carbocycles. The molecule has 0 radical (unpaired) electrons. The fourth-order valence-corrected chi connectivity index (χ4v) is 3.12. The summed E-state index contributed by atoms with van der Waals surface area (Å²) in [6.07, 6.45) is 3.48. The third-order valence-electron chi connectivity index (χ3n) is 3.89. The van der Waals surface area contributed by atoms with Crippen LogP contribution >= 0.6 is 11.6 Å². The van der Waals surface area contributed by atoms with Gasteiger partial charge in [-0.25, -0.2) is 9.37 Å². The normalized spacial score (nSPS) is 11.0. The van der Waals surface area contributed by atoms with Gasteiger partial charge in [0.25, 0.3) is 0 Å². The van der Waals surface area contributed by atoms with Crippen molar-refractivity contribution in [2.75, 3.05) is 0 Å². The minimum absolute atomic E-state index is 0.283. The van der Waals surface area contributed by atoms with Crippen LogP contribution in [0.25, 0.3) is 33.3 Å². The molecule has 4 heteroatoms. The van der Waals surface area contributed by atoms with Gasteiger partial charge in [-0.2, -0.15) is 0 Å². The number of fused-ring (bicyclic) bond motifs is 1. The minimum atomic E-state index is -0.283. The summed E-state index contributed by atoms with van der Waals surface area (Å²) in [6.45, 7) is 0. The van der Waals surface area contributed by atoms with E-state index in [4.69, 9.17) is 11.6 Å². The van der Waals surface area contributed by atoms with Crippen molar-refractivity contribution < 1.29 is 4.39 Å². The molecule has 1 N–H and O–H groups in total. The van der Waals surface area contributed by atoms with E-state index in [-0.39, 0.29) is 5.82 Å². The first-order valence-corrected chi connectivity index (χ1v) is 7.59. The molecule has 0 aliphatic rings. The highest BCUT2D eigenvalue weighted by Crippen LogP contribution is 2.39. The number of hydrogen-bond acceptors (Lipinski definition) is 1. The van der Waals surface area contributed by atoms with Gasteiger partial charge in [0.05, 0.1) is 5.02 Å². The van der Waals surface area contributed by atoms with Gasteiger partial charge in [0.15, 0.2) is 0 Å². The van der Waals surface area contributed by atoms with Crippen LogP contribution in [0.2, 0.25) is 5.02 Å². The van der Waals surface area contributed by atoms with Gasteiger partial charge in [-0.1, -0.05) is 60.1 Å². The highest BCUT2D eigenvalue weighted by atomic mass is 35.5. The fourth-order valence-electron chi connectivity index (χ4n) is 2.77. The maximum Gasteiger partial charge on any atom is 0.139 e. The highest BCUT2D eigenvalue weighted by Gasteiger charge is 2.16. The molecular formula is C19H12ClFN2. The summed E-state index contributed by atoms with van der Waals surface area (Å²) in [4.78, 5) is 7.50. The third-order valence-corrected chi connectivity index (χ3v) is 4.28. The van der Waals surface area contributed by atoms with E-state index in [2.05, 4.69) is 9.97 Å². The van der Waals surface area contributed by atoms with E-state index in [1.165, 1.54) is 6.07 Å². The molecule has 0 amide bonds. The Morgan fingerprint density at radius 1 is 0.870 bits per heavy atom. The van der Waals surface area contributed by atoms with Crippen molar-refractivity contribution in [2.24, 2.45) is 0 Å². The second kappa shape index (κ2) is 5.52. The van der Waals surface area contributed by atoms with E-state index in [0.717, 1.165) is 16.5 Å². The van der Waals surface area contributed by atoms with Crippen molar-refractivity contribution >= 4 is 22.6 Å². The predicted molar refractivity (Wildman–Crippen MR) is 91.9 cm³/mol. The number of aromatic amines is 1. The molecule has 23 heavy (non-hydrogen) atoms. The second-order valence-electron chi connectivity index (χ2n) is 5.26. The Bertz CT molecular complexity index is 993. The van der Waals surface area contributed by atoms with Crippen LogP contribution in [-0.2, 0) is 0 Å². The van der Waals surface area contributed by atoms with Gasteiger partial charge >= 0.3 is 0 Å². The van der Waals surface area contributed by atoms with E-state index in [1.807, 2.05) is 30.3 Å². The van der Waals surface area contributed by atoms with Crippen molar-refractivity contribution in [1.29, 1.82) is 0 Å². The molecule has 2 aromatic heterocycles. The van der Waals surface area contributed by atoms with Gasteiger partial charge in [-0.3, -0.25) is 0 Å². The fraction of sp³-hybridized carbons (Fsp3) is 0. The van der Waals surface area contributed by atoms with Gasteiger partial charge in [-0.05, 0) is 11.6 Å². The molecule has 0 aliphatic heterocycles. The van der Waals surface area contributed by atoms with Gasteiger partial charge in [0.2, 0.25) is 0 Å². The number of nitrogens with one attached hydrogen (secondary N) is 1. The zero-order valence-electron chi connectivity index (χ0n) is 12.1. The number of halogens is 2. The number of nitrogens with zero attached hydrogens (tertiary/aromatic N) is 1. The topological polar surface area (TPSA) is 28.7 Å². The summed E-state index contributed by atoms with van der Waals surface area (Å²) in [5, 5.41) is 1.30. The number of hydrogen-bond donors (Lipinski definition) is 1. The molecule has 2 heterocycles. The van der Waals surface area contributed by atoms with E-state index in [9.17, 15) is 4.39 Å². The molecule has 2 aromatic carbocycles. The molecule has 4 aromatic rings. The molecule has 0 atom stereocenters. The lowest BCUT2D eigenvalue weighted by Gasteiger charge is -2.07. The monoisotopic (exact) mass is 322 g/mol. The van der Waals surface area contributed by atoms with Crippen LogP contribution in [0.4, 0.5) is 4.39 Å². The molecule has 4 rings (SSSR count). The average Bonchev–Trinajstić information content (AvgIpc) is 3.01. The predicted octanol–water partition coefficient (Wildman–Crippen LogP) is 5.69. The SMILES string of the molecule is Fc1ccccc1-c1c[nH]c2ncc(-c3ccccc3)c(Cl)c12. The maximum atomic E-state index is 14.2. The summed E-state index contributed by atoms with van der Waals surface area (Å²) in [6, 6.07) is 16.5. The number of aromatic nitrogens is 2. The van der Waals surface area contributed by atoms with Crippen molar-refractivity contribution in [3.63, 3.8) is 0 Å². The van der Waals surface area contributed by atoms with Crippen LogP contribution in [-0.4, -0.2) is 9.97 Å². The zero-order valence-corrected chi connectivity index (χ0v) is 12.8. The molecule has 0 aliphatic carbocycles. The van der Waals surface area contributed by atoms with Crippen molar-refractivity contribution in [3.8, 4) is 22.3 Å². The van der Waals surface area contributed by atoms with Crippen LogP contribution in [0.5, 0.6) is 0 Å². The standard InChI is InChI=1S/C19H12ClFN2/c20-18-14(12-6-2-1-3-7-12)10-22-19-17(18)15(11-23-19)13-8-4-5-9-16(13)21/h1-11H,(H,22,23). The molecule has 112 valence electrons. The van der Waals surface area contributed by atoms with E-state index in [1.54, 1.807) is 30.6 Å². The van der Waals surface area contributed by atoms with E-state index >= 15 is 0 Å². The summed E-state index contributed by atoms with van der Waals surface area (Å²) in [5.74, 6) is -0.283. The zero-order chi connectivity index (χ0) is 15.8.